The van der Waals surface area contributed by atoms with E-state index in [1.165, 1.54) is 12.8 Å². The number of nitrogens with zero attached hydrogens (tertiary/aromatic N) is 2. The average molecular weight is 392 g/mol. The molecule has 3 N–H and O–H groups in total. The molecule has 2 amide bonds. The van der Waals surface area contributed by atoms with Gasteiger partial charge in [-0.1, -0.05) is 12.8 Å². The molecule has 1 heterocycles. The Morgan fingerprint density at radius 1 is 1.19 bits per heavy atom. The highest BCUT2D eigenvalue weighted by atomic mass is 35.5. The first-order valence-electron chi connectivity index (χ1n) is 8.94. The molecule has 1 atom stereocenters. The zero-order valence-corrected chi connectivity index (χ0v) is 16.4. The van der Waals surface area contributed by atoms with Crippen molar-refractivity contribution >= 4 is 29.9 Å². The van der Waals surface area contributed by atoms with Gasteiger partial charge in [-0.2, -0.15) is 5.10 Å². The molecule has 1 aliphatic rings. The largest absolute Gasteiger partial charge is 0.349 e. The van der Waals surface area contributed by atoms with E-state index in [1.807, 2.05) is 7.05 Å². The maximum atomic E-state index is 12.5. The van der Waals surface area contributed by atoms with Gasteiger partial charge in [-0.05, 0) is 44.2 Å². The van der Waals surface area contributed by atoms with E-state index in [0.717, 1.165) is 18.4 Å². The highest BCUT2D eigenvalue weighted by Crippen LogP contribution is 2.19. The fourth-order valence-corrected chi connectivity index (χ4v) is 3.30. The Balaban J connectivity index is 0.00000261. The van der Waals surface area contributed by atoms with Crippen molar-refractivity contribution in [1.82, 2.24) is 20.4 Å². The molecule has 3 rings (SSSR count). The van der Waals surface area contributed by atoms with E-state index in [-0.39, 0.29) is 30.3 Å². The van der Waals surface area contributed by atoms with Crippen LogP contribution in [-0.2, 0) is 11.8 Å². The maximum Gasteiger partial charge on any atom is 0.251 e. The first-order valence-corrected chi connectivity index (χ1v) is 8.94. The summed E-state index contributed by atoms with van der Waals surface area (Å²) in [5, 5.41) is 13.0. The summed E-state index contributed by atoms with van der Waals surface area (Å²) < 4.78 is 1.66. The van der Waals surface area contributed by atoms with Gasteiger partial charge in [0.1, 0.15) is 6.04 Å². The smallest absolute Gasteiger partial charge is 0.251 e. The predicted octanol–water partition coefficient (Wildman–Crippen LogP) is 2.41. The van der Waals surface area contributed by atoms with Gasteiger partial charge < -0.3 is 16.0 Å². The van der Waals surface area contributed by atoms with Gasteiger partial charge in [-0.25, -0.2) is 0 Å². The molecule has 0 radical (unpaired) electrons. The van der Waals surface area contributed by atoms with E-state index in [2.05, 4.69) is 21.0 Å². The third-order valence-electron chi connectivity index (χ3n) is 4.71. The summed E-state index contributed by atoms with van der Waals surface area (Å²) in [6, 6.07) is 6.76. The van der Waals surface area contributed by atoms with Gasteiger partial charge in [0.2, 0.25) is 5.91 Å². The summed E-state index contributed by atoms with van der Waals surface area (Å²) >= 11 is 0. The molecule has 1 aromatic heterocycles. The van der Waals surface area contributed by atoms with Crippen molar-refractivity contribution in [3.8, 4) is 0 Å². The Labute approximate surface area is 165 Å². The predicted molar refractivity (Wildman–Crippen MR) is 107 cm³/mol. The Morgan fingerprint density at radius 2 is 1.85 bits per heavy atom. The first kappa shape index (κ1) is 20.9. The quantitative estimate of drug-likeness (QED) is 0.705. The van der Waals surface area contributed by atoms with Crippen LogP contribution in [-0.4, -0.2) is 34.7 Å². The molecule has 0 aliphatic heterocycles. The van der Waals surface area contributed by atoms with Crippen molar-refractivity contribution in [2.45, 2.75) is 37.8 Å². The van der Waals surface area contributed by atoms with Crippen LogP contribution in [0.3, 0.4) is 0 Å². The SMILES string of the molecule is CNC(C(=O)Nc1ccc(C(=O)NC2CCCC2)cc1)c1cnn(C)c1.Cl. The van der Waals surface area contributed by atoms with E-state index in [4.69, 9.17) is 0 Å². The third kappa shape index (κ3) is 5.30. The van der Waals surface area contributed by atoms with Crippen molar-refractivity contribution in [3.05, 3.63) is 47.8 Å². The Hall–Kier alpha value is -2.38. The normalized spacial score (nSPS) is 15.0. The molecular weight excluding hydrogens is 366 g/mol. The van der Waals surface area contributed by atoms with Crippen molar-refractivity contribution in [1.29, 1.82) is 0 Å². The molecular formula is C19H26ClN5O2. The highest BCUT2D eigenvalue weighted by molar-refractivity contribution is 5.97. The van der Waals surface area contributed by atoms with Crippen LogP contribution in [0.1, 0.15) is 47.6 Å². The van der Waals surface area contributed by atoms with E-state index < -0.39 is 6.04 Å². The number of rotatable bonds is 6. The molecule has 8 heteroatoms. The lowest BCUT2D eigenvalue weighted by atomic mass is 10.1. The van der Waals surface area contributed by atoms with Crippen molar-refractivity contribution in [2.75, 3.05) is 12.4 Å². The molecule has 27 heavy (non-hydrogen) atoms. The van der Waals surface area contributed by atoms with Gasteiger partial charge in [0.05, 0.1) is 6.20 Å². The molecule has 7 nitrogen and oxygen atoms in total. The van der Waals surface area contributed by atoms with Crippen molar-refractivity contribution in [2.24, 2.45) is 7.05 Å². The minimum atomic E-state index is -0.492. The number of anilines is 1. The minimum Gasteiger partial charge on any atom is -0.349 e. The topological polar surface area (TPSA) is 88.1 Å². The van der Waals surface area contributed by atoms with E-state index in [0.29, 0.717) is 11.3 Å². The third-order valence-corrected chi connectivity index (χ3v) is 4.71. The van der Waals surface area contributed by atoms with E-state index in [1.54, 1.807) is 48.4 Å². The number of benzene rings is 1. The Morgan fingerprint density at radius 3 is 2.41 bits per heavy atom. The molecule has 0 saturated heterocycles. The van der Waals surface area contributed by atoms with Crippen LogP contribution in [0.2, 0.25) is 0 Å². The second kappa shape index (κ2) is 9.53. The molecule has 2 aromatic rings. The number of halogens is 1. The van der Waals surface area contributed by atoms with Crippen LogP contribution in [0.15, 0.2) is 36.7 Å². The molecule has 0 spiro atoms. The molecule has 1 unspecified atom stereocenters. The monoisotopic (exact) mass is 391 g/mol. The van der Waals surface area contributed by atoms with Crippen LogP contribution in [0, 0.1) is 0 Å². The van der Waals surface area contributed by atoms with Crippen LogP contribution in [0.4, 0.5) is 5.69 Å². The molecule has 1 aliphatic carbocycles. The maximum absolute atomic E-state index is 12.5. The fourth-order valence-electron chi connectivity index (χ4n) is 3.30. The number of carbonyl (C=O) groups excluding carboxylic acids is 2. The van der Waals surface area contributed by atoms with Crippen LogP contribution >= 0.6 is 12.4 Å². The zero-order chi connectivity index (χ0) is 18.5. The molecule has 1 saturated carbocycles. The van der Waals surface area contributed by atoms with Crippen LogP contribution in [0.25, 0.3) is 0 Å². The molecule has 146 valence electrons. The fraction of sp³-hybridized carbons (Fsp3) is 0.421. The summed E-state index contributed by atoms with van der Waals surface area (Å²) in [4.78, 5) is 24.8. The van der Waals surface area contributed by atoms with Crippen molar-refractivity contribution < 1.29 is 9.59 Å². The van der Waals surface area contributed by atoms with Gasteiger partial charge >= 0.3 is 0 Å². The Bertz CT molecular complexity index is 769. The minimum absolute atomic E-state index is 0. The van der Waals surface area contributed by atoms with E-state index >= 15 is 0 Å². The molecule has 0 bridgehead atoms. The zero-order valence-electron chi connectivity index (χ0n) is 15.6. The number of hydrogen-bond donors (Lipinski definition) is 3. The summed E-state index contributed by atoms with van der Waals surface area (Å²) in [7, 11) is 3.54. The average Bonchev–Trinajstić information content (AvgIpc) is 3.28. The van der Waals surface area contributed by atoms with Crippen LogP contribution < -0.4 is 16.0 Å². The number of nitrogens with one attached hydrogen (secondary N) is 3. The standard InChI is InChI=1S/C19H25N5O2.ClH/c1-20-17(14-11-21-24(2)12-14)19(26)23-16-9-7-13(8-10-16)18(25)22-15-5-3-4-6-15;/h7-12,15,17,20H,3-6H2,1-2H3,(H,22,25)(H,23,26);1H. The summed E-state index contributed by atoms with van der Waals surface area (Å²) in [5.41, 5.74) is 2.05. The second-order valence-electron chi connectivity index (χ2n) is 6.69. The molecule has 1 fully saturated rings. The lowest BCUT2D eigenvalue weighted by Gasteiger charge is -2.15. The van der Waals surface area contributed by atoms with Crippen molar-refractivity contribution in [3.63, 3.8) is 0 Å². The number of amides is 2. The number of aryl methyl sites for hydroxylation is 1. The van der Waals surface area contributed by atoms with E-state index in [9.17, 15) is 9.59 Å². The first-order chi connectivity index (χ1) is 12.6. The highest BCUT2D eigenvalue weighted by Gasteiger charge is 2.21. The number of likely N-dealkylation sites (N-methyl/N-ethyl adjacent to an activating group) is 1. The number of hydrogen-bond acceptors (Lipinski definition) is 4. The summed E-state index contributed by atoms with van der Waals surface area (Å²) in [6.45, 7) is 0. The van der Waals surface area contributed by atoms with Gasteiger partial charge in [0.15, 0.2) is 0 Å². The Kier molecular flexibility index (Phi) is 7.38. The second-order valence-corrected chi connectivity index (χ2v) is 6.69. The summed E-state index contributed by atoms with van der Waals surface area (Å²) in [6.07, 6.45) is 7.94. The van der Waals surface area contributed by atoms with Gasteiger partial charge in [-0.15, -0.1) is 12.4 Å². The van der Waals surface area contributed by atoms with Gasteiger partial charge in [0, 0.05) is 36.1 Å². The molecule has 1 aromatic carbocycles. The van der Waals surface area contributed by atoms with Gasteiger partial charge in [-0.3, -0.25) is 14.3 Å². The lowest BCUT2D eigenvalue weighted by molar-refractivity contribution is -0.118. The lowest BCUT2D eigenvalue weighted by Crippen LogP contribution is -2.32. The number of carbonyl (C=O) groups is 2. The van der Waals surface area contributed by atoms with Crippen LogP contribution in [0.5, 0.6) is 0 Å². The summed E-state index contributed by atoms with van der Waals surface area (Å²) in [5.74, 6) is -0.234. The number of aromatic nitrogens is 2. The van der Waals surface area contributed by atoms with Gasteiger partial charge in [0.25, 0.3) is 5.91 Å².